The van der Waals surface area contributed by atoms with Gasteiger partial charge in [0.2, 0.25) is 5.88 Å². The number of benzene rings is 1. The Balaban J connectivity index is 2.13. The maximum atomic E-state index is 13.2. The fourth-order valence-electron chi connectivity index (χ4n) is 3.30. The number of hydrogen-bond donors (Lipinski definition) is 5. The van der Waals surface area contributed by atoms with Crippen molar-refractivity contribution in [2.75, 3.05) is 13.1 Å². The standard InChI is InChI=1S/C22H25N3O7/c1-11-3-6-14(9-12(11)2)25-21(31)16(19(29)23-8-7-13-4-5-13)18(28)17(22(25)32)20(30)24-10-15(26)27/h3,6,9,13,28,32H,4-5,7-8,10H2,1-2H3,(H,23,29)(H,24,30)(H,26,27). The fraction of sp³-hybridized carbons (Fsp3) is 0.364. The van der Waals surface area contributed by atoms with Gasteiger partial charge in [-0.2, -0.15) is 0 Å². The summed E-state index contributed by atoms with van der Waals surface area (Å²) < 4.78 is 0.748. The van der Waals surface area contributed by atoms with Crippen LogP contribution < -0.4 is 16.2 Å². The van der Waals surface area contributed by atoms with Crippen LogP contribution in [0.2, 0.25) is 0 Å². The lowest BCUT2D eigenvalue weighted by Gasteiger charge is -2.17. The molecule has 0 radical (unpaired) electrons. The van der Waals surface area contributed by atoms with Gasteiger partial charge in [0.15, 0.2) is 5.75 Å². The summed E-state index contributed by atoms with van der Waals surface area (Å²) in [6.07, 6.45) is 2.88. The van der Waals surface area contributed by atoms with Crippen LogP contribution in [0.15, 0.2) is 23.0 Å². The van der Waals surface area contributed by atoms with Crippen molar-refractivity contribution < 1.29 is 29.7 Å². The first kappa shape index (κ1) is 22.9. The zero-order valence-electron chi connectivity index (χ0n) is 17.8. The molecule has 0 aliphatic heterocycles. The number of pyridine rings is 1. The van der Waals surface area contributed by atoms with Gasteiger partial charge in [-0.05, 0) is 49.4 Å². The summed E-state index contributed by atoms with van der Waals surface area (Å²) in [7, 11) is 0. The van der Waals surface area contributed by atoms with E-state index in [0.29, 0.717) is 5.92 Å². The molecule has 1 aromatic heterocycles. The van der Waals surface area contributed by atoms with Crippen molar-refractivity contribution in [1.29, 1.82) is 0 Å². The number of aryl methyl sites for hydroxylation is 2. The number of aromatic nitrogens is 1. The minimum absolute atomic E-state index is 0.176. The first-order valence-electron chi connectivity index (χ1n) is 10.2. The number of nitrogens with one attached hydrogen (secondary N) is 2. The van der Waals surface area contributed by atoms with E-state index in [1.54, 1.807) is 19.1 Å². The number of carbonyl (C=O) groups is 3. The van der Waals surface area contributed by atoms with Crippen LogP contribution in [0, 0.1) is 19.8 Å². The van der Waals surface area contributed by atoms with Crippen molar-refractivity contribution in [2.45, 2.75) is 33.1 Å². The number of carboxylic acids is 1. The van der Waals surface area contributed by atoms with Gasteiger partial charge < -0.3 is 26.0 Å². The predicted molar refractivity (Wildman–Crippen MR) is 114 cm³/mol. The molecule has 1 heterocycles. The maximum Gasteiger partial charge on any atom is 0.322 e. The van der Waals surface area contributed by atoms with Crippen LogP contribution in [0.25, 0.3) is 5.69 Å². The molecule has 2 amide bonds. The number of amides is 2. The van der Waals surface area contributed by atoms with Gasteiger partial charge >= 0.3 is 5.97 Å². The molecule has 5 N–H and O–H groups in total. The summed E-state index contributed by atoms with van der Waals surface area (Å²) in [5.74, 6) is -4.79. The van der Waals surface area contributed by atoms with Gasteiger partial charge in [-0.1, -0.05) is 18.9 Å². The predicted octanol–water partition coefficient (Wildman–Crippen LogP) is 1.21. The average Bonchev–Trinajstić information content (AvgIpc) is 3.53. The van der Waals surface area contributed by atoms with Crippen LogP contribution in [-0.4, -0.2) is 50.8 Å². The highest BCUT2D eigenvalue weighted by Crippen LogP contribution is 2.32. The molecule has 1 aromatic carbocycles. The number of rotatable bonds is 8. The molecule has 10 nitrogen and oxygen atoms in total. The summed E-state index contributed by atoms with van der Waals surface area (Å²) in [5.41, 5.74) is -0.614. The molecular formula is C22H25N3O7. The molecule has 1 fully saturated rings. The van der Waals surface area contributed by atoms with Crippen LogP contribution in [0.5, 0.6) is 11.6 Å². The second-order valence-corrected chi connectivity index (χ2v) is 7.90. The van der Waals surface area contributed by atoms with Crippen LogP contribution in [0.3, 0.4) is 0 Å². The third-order valence-corrected chi connectivity index (χ3v) is 5.46. The molecule has 1 saturated carbocycles. The van der Waals surface area contributed by atoms with Crippen molar-refractivity contribution in [1.82, 2.24) is 15.2 Å². The lowest BCUT2D eigenvalue weighted by Crippen LogP contribution is -2.36. The summed E-state index contributed by atoms with van der Waals surface area (Å²) in [6, 6.07) is 4.80. The molecule has 0 spiro atoms. The number of hydrogen-bond acceptors (Lipinski definition) is 6. The van der Waals surface area contributed by atoms with Gasteiger partial charge in [0.05, 0.1) is 5.69 Å². The van der Waals surface area contributed by atoms with Crippen molar-refractivity contribution in [2.24, 2.45) is 5.92 Å². The molecule has 10 heteroatoms. The summed E-state index contributed by atoms with van der Waals surface area (Å²) in [4.78, 5) is 49.3. The minimum Gasteiger partial charge on any atom is -0.506 e. The van der Waals surface area contributed by atoms with E-state index < -0.39 is 52.6 Å². The lowest BCUT2D eigenvalue weighted by atomic mass is 10.1. The smallest absolute Gasteiger partial charge is 0.322 e. The minimum atomic E-state index is -1.35. The number of aromatic hydroxyl groups is 2. The van der Waals surface area contributed by atoms with E-state index in [1.165, 1.54) is 6.07 Å². The Bertz CT molecular complexity index is 1150. The largest absolute Gasteiger partial charge is 0.506 e. The zero-order chi connectivity index (χ0) is 23.6. The van der Waals surface area contributed by atoms with E-state index in [1.807, 2.05) is 12.2 Å². The van der Waals surface area contributed by atoms with Gasteiger partial charge in [0, 0.05) is 6.54 Å². The second-order valence-electron chi connectivity index (χ2n) is 7.90. The Hall–Kier alpha value is -3.82. The third kappa shape index (κ3) is 4.74. The summed E-state index contributed by atoms with van der Waals surface area (Å²) >= 11 is 0. The Morgan fingerprint density at radius 1 is 1.03 bits per heavy atom. The second kappa shape index (κ2) is 9.13. The van der Waals surface area contributed by atoms with E-state index in [9.17, 15) is 29.4 Å². The summed E-state index contributed by atoms with van der Waals surface area (Å²) in [6.45, 7) is 3.13. The highest BCUT2D eigenvalue weighted by molar-refractivity contribution is 6.05. The average molecular weight is 443 g/mol. The maximum absolute atomic E-state index is 13.2. The van der Waals surface area contributed by atoms with E-state index in [-0.39, 0.29) is 12.2 Å². The molecule has 1 aliphatic carbocycles. The molecule has 0 atom stereocenters. The number of aliphatic carboxylic acids is 1. The monoisotopic (exact) mass is 443 g/mol. The fourth-order valence-corrected chi connectivity index (χ4v) is 3.30. The molecule has 3 rings (SSSR count). The van der Waals surface area contributed by atoms with Gasteiger partial charge in [-0.15, -0.1) is 0 Å². The quantitative estimate of drug-likeness (QED) is 0.410. The van der Waals surface area contributed by atoms with Crippen LogP contribution in [0.4, 0.5) is 0 Å². The van der Waals surface area contributed by atoms with Gasteiger partial charge in [0.25, 0.3) is 17.4 Å². The van der Waals surface area contributed by atoms with E-state index >= 15 is 0 Å². The zero-order valence-corrected chi connectivity index (χ0v) is 17.8. The Morgan fingerprint density at radius 2 is 1.69 bits per heavy atom. The number of carboxylic acid groups (broad SMARTS) is 1. The number of carbonyl (C=O) groups excluding carboxylic acids is 2. The van der Waals surface area contributed by atoms with E-state index in [2.05, 4.69) is 5.32 Å². The SMILES string of the molecule is Cc1ccc(-n2c(O)c(C(=O)NCC(=O)O)c(O)c(C(=O)NCCC3CC3)c2=O)cc1C. The van der Waals surface area contributed by atoms with Crippen molar-refractivity contribution in [3.63, 3.8) is 0 Å². The molecule has 0 unspecified atom stereocenters. The Labute approximate surface area is 183 Å². The first-order chi connectivity index (χ1) is 15.1. The summed E-state index contributed by atoms with van der Waals surface area (Å²) in [5, 5.41) is 34.7. The number of nitrogens with zero attached hydrogens (tertiary/aromatic N) is 1. The lowest BCUT2D eigenvalue weighted by molar-refractivity contribution is -0.135. The topological polar surface area (TPSA) is 158 Å². The first-order valence-corrected chi connectivity index (χ1v) is 10.2. The highest BCUT2D eigenvalue weighted by atomic mass is 16.4. The van der Waals surface area contributed by atoms with Gasteiger partial charge in [-0.3, -0.25) is 19.2 Å². The van der Waals surface area contributed by atoms with Crippen molar-refractivity contribution in [3.8, 4) is 17.3 Å². The molecule has 1 aliphatic rings. The van der Waals surface area contributed by atoms with E-state index in [4.69, 9.17) is 5.11 Å². The van der Waals surface area contributed by atoms with Crippen LogP contribution >= 0.6 is 0 Å². The van der Waals surface area contributed by atoms with E-state index in [0.717, 1.165) is 35.0 Å². The molecule has 170 valence electrons. The molecule has 0 saturated heterocycles. The Morgan fingerprint density at radius 3 is 2.28 bits per heavy atom. The Kier molecular flexibility index (Phi) is 6.52. The van der Waals surface area contributed by atoms with Crippen molar-refractivity contribution >= 4 is 17.8 Å². The van der Waals surface area contributed by atoms with Gasteiger partial charge in [-0.25, -0.2) is 4.57 Å². The normalized spacial score (nSPS) is 12.9. The van der Waals surface area contributed by atoms with Gasteiger partial charge in [0.1, 0.15) is 17.7 Å². The molecule has 32 heavy (non-hydrogen) atoms. The van der Waals surface area contributed by atoms with Crippen LogP contribution in [-0.2, 0) is 4.79 Å². The third-order valence-electron chi connectivity index (χ3n) is 5.46. The molecule has 0 bridgehead atoms. The molecule has 2 aromatic rings. The molecular weight excluding hydrogens is 418 g/mol. The van der Waals surface area contributed by atoms with Crippen LogP contribution in [0.1, 0.15) is 51.1 Å². The highest BCUT2D eigenvalue weighted by Gasteiger charge is 2.31. The van der Waals surface area contributed by atoms with Crippen molar-refractivity contribution in [3.05, 3.63) is 50.8 Å².